The Hall–Kier alpha value is -1.30. The summed E-state index contributed by atoms with van der Waals surface area (Å²) in [7, 11) is 0. The topological polar surface area (TPSA) is 50.1 Å². The fourth-order valence-corrected chi connectivity index (χ4v) is 1.46. The minimum atomic E-state index is -0.488. The van der Waals surface area contributed by atoms with Crippen LogP contribution in [0, 0.1) is 11.3 Å². The summed E-state index contributed by atoms with van der Waals surface area (Å²) in [6.45, 7) is 6.04. The first-order valence-corrected chi connectivity index (χ1v) is 5.94. The molecule has 0 atom stereocenters. The number of nitriles is 1. The van der Waals surface area contributed by atoms with Crippen LogP contribution in [0.15, 0.2) is 11.1 Å². The Morgan fingerprint density at radius 1 is 1.25 bits per heavy atom. The molecule has 0 aliphatic rings. The molecule has 0 aromatic rings. The second-order valence-corrected chi connectivity index (χ2v) is 3.80. The summed E-state index contributed by atoms with van der Waals surface area (Å²) in [6, 6.07) is 1.93. The van der Waals surface area contributed by atoms with Crippen LogP contribution in [0.2, 0.25) is 0 Å². The van der Waals surface area contributed by atoms with Crippen LogP contribution in [0.3, 0.4) is 0 Å². The van der Waals surface area contributed by atoms with Crippen LogP contribution in [0.4, 0.5) is 0 Å². The molecular weight excluding hydrogens is 202 g/mol. The summed E-state index contributed by atoms with van der Waals surface area (Å²) in [5.74, 6) is -0.488. The van der Waals surface area contributed by atoms with Crippen LogP contribution in [0.1, 0.15) is 52.9 Å². The molecule has 0 aromatic heterocycles. The highest BCUT2D eigenvalue weighted by atomic mass is 16.5. The van der Waals surface area contributed by atoms with Crippen molar-refractivity contribution in [1.29, 1.82) is 5.26 Å². The maximum Gasteiger partial charge on any atom is 0.348 e. The van der Waals surface area contributed by atoms with Crippen molar-refractivity contribution in [3.63, 3.8) is 0 Å². The zero-order valence-corrected chi connectivity index (χ0v) is 10.5. The van der Waals surface area contributed by atoms with E-state index >= 15 is 0 Å². The summed E-state index contributed by atoms with van der Waals surface area (Å²) >= 11 is 0. The Morgan fingerprint density at radius 3 is 2.44 bits per heavy atom. The van der Waals surface area contributed by atoms with Gasteiger partial charge in [-0.2, -0.15) is 5.26 Å². The van der Waals surface area contributed by atoms with Gasteiger partial charge in [-0.25, -0.2) is 4.79 Å². The Balaban J connectivity index is 4.28. The molecule has 0 heterocycles. The number of allylic oxidation sites excluding steroid dienone is 1. The van der Waals surface area contributed by atoms with E-state index in [0.717, 1.165) is 24.8 Å². The number of ether oxygens (including phenoxy) is 1. The smallest absolute Gasteiger partial charge is 0.348 e. The van der Waals surface area contributed by atoms with Crippen LogP contribution < -0.4 is 0 Å². The second-order valence-electron chi connectivity index (χ2n) is 3.80. The molecule has 0 bridgehead atoms. The van der Waals surface area contributed by atoms with Gasteiger partial charge in [-0.3, -0.25) is 0 Å². The molecule has 16 heavy (non-hydrogen) atoms. The molecule has 0 saturated heterocycles. The lowest BCUT2D eigenvalue weighted by molar-refractivity contribution is -0.138. The largest absolute Gasteiger partial charge is 0.462 e. The fraction of sp³-hybridized carbons (Fsp3) is 0.692. The maximum absolute atomic E-state index is 11.4. The number of unbranched alkanes of at least 4 members (excludes halogenated alkanes) is 3. The summed E-state index contributed by atoms with van der Waals surface area (Å²) < 4.78 is 4.82. The van der Waals surface area contributed by atoms with Crippen molar-refractivity contribution < 1.29 is 9.53 Å². The Kier molecular flexibility index (Phi) is 8.24. The first-order valence-electron chi connectivity index (χ1n) is 5.94. The SMILES string of the molecule is CCCCCCC(C)=C(C#N)C(=O)OCC. The quantitative estimate of drug-likeness (QED) is 0.288. The van der Waals surface area contributed by atoms with E-state index in [1.54, 1.807) is 6.92 Å². The third-order valence-electron chi connectivity index (χ3n) is 2.42. The first-order chi connectivity index (χ1) is 7.67. The van der Waals surface area contributed by atoms with Gasteiger partial charge in [0.1, 0.15) is 11.6 Å². The van der Waals surface area contributed by atoms with E-state index < -0.39 is 5.97 Å². The summed E-state index contributed by atoms with van der Waals surface area (Å²) in [5, 5.41) is 8.89. The van der Waals surface area contributed by atoms with E-state index in [2.05, 4.69) is 6.92 Å². The number of hydrogen-bond acceptors (Lipinski definition) is 3. The molecule has 3 nitrogen and oxygen atoms in total. The van der Waals surface area contributed by atoms with Gasteiger partial charge in [0.25, 0.3) is 0 Å². The maximum atomic E-state index is 11.4. The van der Waals surface area contributed by atoms with Crippen molar-refractivity contribution in [2.75, 3.05) is 6.61 Å². The summed E-state index contributed by atoms with van der Waals surface area (Å²) in [5.41, 5.74) is 1.02. The number of nitrogens with zero attached hydrogens (tertiary/aromatic N) is 1. The monoisotopic (exact) mass is 223 g/mol. The molecule has 0 unspecified atom stereocenters. The number of esters is 1. The third kappa shape index (κ3) is 5.55. The van der Waals surface area contributed by atoms with Crippen molar-refractivity contribution in [2.24, 2.45) is 0 Å². The molecule has 0 spiro atoms. The van der Waals surface area contributed by atoms with E-state index in [4.69, 9.17) is 10.00 Å². The number of hydrogen-bond donors (Lipinski definition) is 0. The Morgan fingerprint density at radius 2 is 1.94 bits per heavy atom. The van der Waals surface area contributed by atoms with Gasteiger partial charge in [-0.05, 0) is 32.3 Å². The number of rotatable bonds is 7. The molecule has 0 aliphatic carbocycles. The second kappa shape index (κ2) is 8.96. The summed E-state index contributed by atoms with van der Waals surface area (Å²) in [4.78, 5) is 11.4. The normalized spacial score (nSPS) is 11.6. The van der Waals surface area contributed by atoms with Crippen LogP contribution in [0.25, 0.3) is 0 Å². The van der Waals surface area contributed by atoms with Crippen LogP contribution in [-0.4, -0.2) is 12.6 Å². The van der Waals surface area contributed by atoms with Crippen molar-refractivity contribution in [2.45, 2.75) is 52.9 Å². The van der Waals surface area contributed by atoms with E-state index in [-0.39, 0.29) is 5.57 Å². The van der Waals surface area contributed by atoms with E-state index in [0.29, 0.717) is 6.61 Å². The lowest BCUT2D eigenvalue weighted by Gasteiger charge is -2.05. The molecule has 0 fully saturated rings. The average Bonchev–Trinajstić information content (AvgIpc) is 2.26. The highest BCUT2D eigenvalue weighted by Crippen LogP contribution is 2.14. The molecule has 90 valence electrons. The molecular formula is C13H21NO2. The van der Waals surface area contributed by atoms with E-state index in [1.165, 1.54) is 12.8 Å². The predicted octanol–water partition coefficient (Wildman–Crippen LogP) is 3.36. The van der Waals surface area contributed by atoms with Crippen LogP contribution >= 0.6 is 0 Å². The summed E-state index contributed by atoms with van der Waals surface area (Å²) in [6.07, 6.45) is 5.38. The molecule has 0 rings (SSSR count). The van der Waals surface area contributed by atoms with Gasteiger partial charge >= 0.3 is 5.97 Å². The van der Waals surface area contributed by atoms with Crippen LogP contribution in [0.5, 0.6) is 0 Å². The lowest BCUT2D eigenvalue weighted by Crippen LogP contribution is -2.08. The Bertz CT molecular complexity index is 287. The molecule has 3 heteroatoms. The number of carbonyl (C=O) groups excluding carboxylic acids is 1. The van der Waals surface area contributed by atoms with Crippen molar-refractivity contribution >= 4 is 5.97 Å². The van der Waals surface area contributed by atoms with Crippen molar-refractivity contribution in [1.82, 2.24) is 0 Å². The third-order valence-corrected chi connectivity index (χ3v) is 2.42. The van der Waals surface area contributed by atoms with Gasteiger partial charge in [0.2, 0.25) is 0 Å². The molecule has 0 amide bonds. The predicted molar refractivity (Wildman–Crippen MR) is 63.7 cm³/mol. The minimum absolute atomic E-state index is 0.179. The van der Waals surface area contributed by atoms with Gasteiger partial charge in [0, 0.05) is 0 Å². The van der Waals surface area contributed by atoms with Crippen LogP contribution in [-0.2, 0) is 9.53 Å². The average molecular weight is 223 g/mol. The molecule has 0 aromatic carbocycles. The first kappa shape index (κ1) is 14.7. The zero-order chi connectivity index (χ0) is 12.4. The molecule has 0 aliphatic heterocycles. The van der Waals surface area contributed by atoms with Gasteiger partial charge in [0.15, 0.2) is 0 Å². The van der Waals surface area contributed by atoms with Gasteiger partial charge in [-0.15, -0.1) is 0 Å². The standard InChI is InChI=1S/C13H21NO2/c1-4-6-7-8-9-11(3)12(10-14)13(15)16-5-2/h4-9H2,1-3H3. The van der Waals surface area contributed by atoms with Gasteiger partial charge in [-0.1, -0.05) is 26.2 Å². The molecule has 0 radical (unpaired) electrons. The highest BCUT2D eigenvalue weighted by Gasteiger charge is 2.12. The van der Waals surface area contributed by atoms with E-state index in [1.807, 2.05) is 13.0 Å². The van der Waals surface area contributed by atoms with E-state index in [9.17, 15) is 4.79 Å². The van der Waals surface area contributed by atoms with Gasteiger partial charge in [0.05, 0.1) is 6.61 Å². The van der Waals surface area contributed by atoms with Crippen molar-refractivity contribution in [3.8, 4) is 6.07 Å². The fourth-order valence-electron chi connectivity index (χ4n) is 1.46. The minimum Gasteiger partial charge on any atom is -0.462 e. The lowest BCUT2D eigenvalue weighted by atomic mass is 10.0. The zero-order valence-electron chi connectivity index (χ0n) is 10.5. The highest BCUT2D eigenvalue weighted by molar-refractivity contribution is 5.93. The molecule has 0 saturated carbocycles. The Labute approximate surface area is 98.1 Å². The number of carbonyl (C=O) groups is 1. The van der Waals surface area contributed by atoms with Gasteiger partial charge < -0.3 is 4.74 Å². The molecule has 0 N–H and O–H groups in total. The van der Waals surface area contributed by atoms with Crippen molar-refractivity contribution in [3.05, 3.63) is 11.1 Å².